The summed E-state index contributed by atoms with van der Waals surface area (Å²) in [6.07, 6.45) is -0.431. The first-order chi connectivity index (χ1) is 8.97. The van der Waals surface area contributed by atoms with Crippen LogP contribution in [0.2, 0.25) is 0 Å². The molecule has 3 nitrogen and oxygen atoms in total. The monoisotopic (exact) mass is 274 g/mol. The molecule has 2 aromatic rings. The number of aromatic nitrogens is 2. The molecule has 0 amide bonds. The molecule has 4 heteroatoms. The standard InChI is InChI=1S/C15H18N2OS/c1-9-10(2)16-15(17-11(9)3)19-14-7-5-13(6-8-14)12(4)18/h5-8,12,18H,1-4H3/t12-/m1/s1. The minimum absolute atomic E-state index is 0.431. The summed E-state index contributed by atoms with van der Waals surface area (Å²) in [5, 5.41) is 10.2. The Balaban J connectivity index is 2.21. The number of aliphatic hydroxyl groups is 1. The zero-order chi connectivity index (χ0) is 14.0. The van der Waals surface area contributed by atoms with Gasteiger partial charge in [-0.3, -0.25) is 0 Å². The quantitative estimate of drug-likeness (QED) is 0.869. The molecule has 0 unspecified atom stereocenters. The van der Waals surface area contributed by atoms with E-state index in [-0.39, 0.29) is 0 Å². The molecule has 19 heavy (non-hydrogen) atoms. The van der Waals surface area contributed by atoms with Crippen molar-refractivity contribution in [1.82, 2.24) is 9.97 Å². The number of nitrogens with zero attached hydrogens (tertiary/aromatic N) is 2. The van der Waals surface area contributed by atoms with Gasteiger partial charge >= 0.3 is 0 Å². The van der Waals surface area contributed by atoms with Crippen LogP contribution in [-0.2, 0) is 0 Å². The fraction of sp³-hybridized carbons (Fsp3) is 0.333. The molecule has 1 aromatic heterocycles. The van der Waals surface area contributed by atoms with Crippen LogP contribution >= 0.6 is 11.8 Å². The minimum Gasteiger partial charge on any atom is -0.389 e. The van der Waals surface area contributed by atoms with Crippen LogP contribution in [0.1, 0.15) is 35.5 Å². The summed E-state index contributed by atoms with van der Waals surface area (Å²) in [5.41, 5.74) is 4.11. The number of hydrogen-bond donors (Lipinski definition) is 1. The summed E-state index contributed by atoms with van der Waals surface area (Å²) < 4.78 is 0. The fourth-order valence-corrected chi connectivity index (χ4v) is 2.56. The molecule has 1 atom stereocenters. The Morgan fingerprint density at radius 1 is 1.00 bits per heavy atom. The molecule has 0 saturated carbocycles. The van der Waals surface area contributed by atoms with Gasteiger partial charge in [-0.1, -0.05) is 12.1 Å². The second-order valence-corrected chi connectivity index (χ2v) is 5.69. The smallest absolute Gasteiger partial charge is 0.192 e. The number of hydrogen-bond acceptors (Lipinski definition) is 4. The van der Waals surface area contributed by atoms with Gasteiger partial charge in [0.15, 0.2) is 5.16 Å². The molecule has 0 fully saturated rings. The summed E-state index contributed by atoms with van der Waals surface area (Å²) in [6, 6.07) is 7.84. The van der Waals surface area contributed by atoms with Crippen molar-refractivity contribution in [2.24, 2.45) is 0 Å². The van der Waals surface area contributed by atoms with Crippen molar-refractivity contribution >= 4 is 11.8 Å². The fourth-order valence-electron chi connectivity index (χ4n) is 1.71. The molecule has 0 aliphatic heterocycles. The molecule has 0 saturated heterocycles. The van der Waals surface area contributed by atoms with Gasteiger partial charge in [-0.15, -0.1) is 0 Å². The highest BCUT2D eigenvalue weighted by Crippen LogP contribution is 2.27. The normalized spacial score (nSPS) is 12.5. The maximum Gasteiger partial charge on any atom is 0.192 e. The molecular weight excluding hydrogens is 256 g/mol. The van der Waals surface area contributed by atoms with Crippen LogP contribution in [0.15, 0.2) is 34.3 Å². The Morgan fingerprint density at radius 3 is 2.00 bits per heavy atom. The van der Waals surface area contributed by atoms with E-state index in [2.05, 4.69) is 9.97 Å². The Bertz CT molecular complexity index is 556. The van der Waals surface area contributed by atoms with E-state index in [9.17, 15) is 5.11 Å². The van der Waals surface area contributed by atoms with Crippen LogP contribution in [0, 0.1) is 20.8 Å². The van der Waals surface area contributed by atoms with Gasteiger partial charge in [0.05, 0.1) is 6.10 Å². The predicted octanol–water partition coefficient (Wildman–Crippen LogP) is 3.61. The molecule has 1 heterocycles. The first kappa shape index (κ1) is 14.0. The van der Waals surface area contributed by atoms with Crippen molar-refractivity contribution in [3.05, 3.63) is 46.8 Å². The van der Waals surface area contributed by atoms with Crippen LogP contribution in [-0.4, -0.2) is 15.1 Å². The lowest BCUT2D eigenvalue weighted by molar-refractivity contribution is 0.199. The largest absolute Gasteiger partial charge is 0.389 e. The van der Waals surface area contributed by atoms with Crippen molar-refractivity contribution in [3.8, 4) is 0 Å². The first-order valence-electron chi connectivity index (χ1n) is 6.25. The zero-order valence-electron chi connectivity index (χ0n) is 11.6. The van der Waals surface area contributed by atoms with Gasteiger partial charge in [-0.05, 0) is 62.7 Å². The highest BCUT2D eigenvalue weighted by Gasteiger charge is 2.07. The second-order valence-electron chi connectivity index (χ2n) is 4.65. The van der Waals surface area contributed by atoms with E-state index in [0.717, 1.165) is 32.6 Å². The van der Waals surface area contributed by atoms with Gasteiger partial charge in [0, 0.05) is 16.3 Å². The third-order valence-electron chi connectivity index (χ3n) is 3.18. The van der Waals surface area contributed by atoms with Gasteiger partial charge in [-0.2, -0.15) is 0 Å². The summed E-state index contributed by atoms with van der Waals surface area (Å²) in [7, 11) is 0. The van der Waals surface area contributed by atoms with Crippen LogP contribution in [0.5, 0.6) is 0 Å². The lowest BCUT2D eigenvalue weighted by Crippen LogP contribution is -1.97. The number of aryl methyl sites for hydroxylation is 2. The maximum absolute atomic E-state index is 9.48. The van der Waals surface area contributed by atoms with E-state index in [1.54, 1.807) is 18.7 Å². The minimum atomic E-state index is -0.431. The van der Waals surface area contributed by atoms with Crippen molar-refractivity contribution in [2.45, 2.75) is 43.9 Å². The van der Waals surface area contributed by atoms with Crippen molar-refractivity contribution in [2.75, 3.05) is 0 Å². The summed E-state index contributed by atoms with van der Waals surface area (Å²) >= 11 is 1.54. The van der Waals surface area contributed by atoms with Gasteiger partial charge < -0.3 is 5.11 Å². The van der Waals surface area contributed by atoms with E-state index in [1.807, 2.05) is 45.0 Å². The highest BCUT2D eigenvalue weighted by atomic mass is 32.2. The van der Waals surface area contributed by atoms with Crippen LogP contribution in [0.4, 0.5) is 0 Å². The van der Waals surface area contributed by atoms with Gasteiger partial charge in [0.1, 0.15) is 0 Å². The number of rotatable bonds is 3. The summed E-state index contributed by atoms with van der Waals surface area (Å²) in [4.78, 5) is 10.1. The van der Waals surface area contributed by atoms with E-state index in [4.69, 9.17) is 0 Å². The molecule has 2 rings (SSSR count). The van der Waals surface area contributed by atoms with Gasteiger partial charge in [-0.25, -0.2) is 9.97 Å². The molecule has 0 aliphatic rings. The van der Waals surface area contributed by atoms with Crippen LogP contribution < -0.4 is 0 Å². The van der Waals surface area contributed by atoms with E-state index >= 15 is 0 Å². The Morgan fingerprint density at radius 2 is 1.53 bits per heavy atom. The Hall–Kier alpha value is -1.39. The zero-order valence-corrected chi connectivity index (χ0v) is 12.5. The lowest BCUT2D eigenvalue weighted by Gasteiger charge is -2.08. The van der Waals surface area contributed by atoms with Crippen molar-refractivity contribution in [1.29, 1.82) is 0 Å². The molecule has 1 aromatic carbocycles. The molecule has 0 radical (unpaired) electrons. The predicted molar refractivity (Wildman–Crippen MR) is 77.4 cm³/mol. The summed E-state index contributed by atoms with van der Waals surface area (Å²) in [6.45, 7) is 7.81. The molecule has 0 aliphatic carbocycles. The topological polar surface area (TPSA) is 46.0 Å². The van der Waals surface area contributed by atoms with Crippen LogP contribution in [0.25, 0.3) is 0 Å². The second kappa shape index (κ2) is 5.72. The molecule has 100 valence electrons. The molecule has 0 spiro atoms. The molecule has 0 bridgehead atoms. The maximum atomic E-state index is 9.48. The van der Waals surface area contributed by atoms with E-state index in [0.29, 0.717) is 0 Å². The Kier molecular flexibility index (Phi) is 4.22. The molecule has 1 N–H and O–H groups in total. The molecular formula is C15H18N2OS. The third kappa shape index (κ3) is 3.33. The van der Waals surface area contributed by atoms with Crippen molar-refractivity contribution in [3.63, 3.8) is 0 Å². The number of aliphatic hydroxyl groups excluding tert-OH is 1. The van der Waals surface area contributed by atoms with E-state index in [1.165, 1.54) is 0 Å². The van der Waals surface area contributed by atoms with E-state index < -0.39 is 6.10 Å². The highest BCUT2D eigenvalue weighted by molar-refractivity contribution is 7.99. The van der Waals surface area contributed by atoms with Gasteiger partial charge in [0.2, 0.25) is 0 Å². The van der Waals surface area contributed by atoms with Crippen molar-refractivity contribution < 1.29 is 5.11 Å². The lowest BCUT2D eigenvalue weighted by atomic mass is 10.1. The summed E-state index contributed by atoms with van der Waals surface area (Å²) in [5.74, 6) is 0. The Labute approximate surface area is 118 Å². The average Bonchev–Trinajstić information content (AvgIpc) is 2.36. The number of benzene rings is 1. The SMILES string of the molecule is Cc1nc(Sc2ccc([C@@H](C)O)cc2)nc(C)c1C. The van der Waals surface area contributed by atoms with Crippen LogP contribution in [0.3, 0.4) is 0 Å². The third-order valence-corrected chi connectivity index (χ3v) is 4.06. The average molecular weight is 274 g/mol. The van der Waals surface area contributed by atoms with Gasteiger partial charge in [0.25, 0.3) is 0 Å². The first-order valence-corrected chi connectivity index (χ1v) is 7.06.